The Hall–Kier alpha value is -1.81. The van der Waals surface area contributed by atoms with Crippen LogP contribution in [0.2, 0.25) is 5.02 Å². The molecule has 5 heteroatoms. The highest BCUT2D eigenvalue weighted by atomic mass is 35.5. The van der Waals surface area contributed by atoms with Crippen molar-refractivity contribution in [1.82, 2.24) is 4.98 Å². The molecule has 0 radical (unpaired) electrons. The molecule has 2 aromatic rings. The molecule has 0 fully saturated rings. The van der Waals surface area contributed by atoms with Gasteiger partial charge in [-0.05, 0) is 25.1 Å². The Morgan fingerprint density at radius 2 is 2.00 bits per heavy atom. The first-order chi connectivity index (χ1) is 8.56. The summed E-state index contributed by atoms with van der Waals surface area (Å²) in [5.41, 5.74) is 1.80. The van der Waals surface area contributed by atoms with Gasteiger partial charge in [-0.25, -0.2) is 9.78 Å². The van der Waals surface area contributed by atoms with Gasteiger partial charge in [-0.15, -0.1) is 0 Å². The standard InChI is InChI=1S/C13H12ClNO3/c1-7-10(14)5-8-4-9(13(16)18-3)6-11(17-2)12(8)15-7/h4-6H,1-3H3. The van der Waals surface area contributed by atoms with Crippen molar-refractivity contribution in [3.05, 3.63) is 34.5 Å². The third kappa shape index (κ3) is 2.11. The van der Waals surface area contributed by atoms with Gasteiger partial charge in [0.2, 0.25) is 0 Å². The molecule has 0 amide bonds. The van der Waals surface area contributed by atoms with Crippen molar-refractivity contribution < 1.29 is 14.3 Å². The number of halogens is 1. The van der Waals surface area contributed by atoms with Crippen molar-refractivity contribution >= 4 is 28.5 Å². The van der Waals surface area contributed by atoms with Crippen LogP contribution >= 0.6 is 11.6 Å². The Bertz CT molecular complexity index is 625. The third-order valence-corrected chi connectivity index (χ3v) is 3.04. The van der Waals surface area contributed by atoms with Crippen LogP contribution in [0.15, 0.2) is 18.2 Å². The zero-order chi connectivity index (χ0) is 13.3. The van der Waals surface area contributed by atoms with E-state index in [2.05, 4.69) is 4.98 Å². The van der Waals surface area contributed by atoms with E-state index in [1.54, 1.807) is 18.2 Å². The van der Waals surface area contributed by atoms with E-state index >= 15 is 0 Å². The summed E-state index contributed by atoms with van der Waals surface area (Å²) in [5.74, 6) is 0.0968. The SMILES string of the molecule is COC(=O)c1cc(OC)c2nc(C)c(Cl)cc2c1. The molecule has 0 unspecified atom stereocenters. The largest absolute Gasteiger partial charge is 0.494 e. The quantitative estimate of drug-likeness (QED) is 0.783. The number of hydrogen-bond acceptors (Lipinski definition) is 4. The second-order valence-electron chi connectivity index (χ2n) is 3.80. The average molecular weight is 266 g/mol. The lowest BCUT2D eigenvalue weighted by Crippen LogP contribution is -2.02. The number of pyridine rings is 1. The van der Waals surface area contributed by atoms with E-state index in [0.29, 0.717) is 27.5 Å². The summed E-state index contributed by atoms with van der Waals surface area (Å²) in [6.45, 7) is 1.81. The molecule has 0 aliphatic rings. The van der Waals surface area contributed by atoms with Crippen molar-refractivity contribution in [2.75, 3.05) is 14.2 Å². The number of carbonyl (C=O) groups is 1. The minimum atomic E-state index is -0.424. The lowest BCUT2D eigenvalue weighted by molar-refractivity contribution is 0.0600. The smallest absolute Gasteiger partial charge is 0.338 e. The zero-order valence-corrected chi connectivity index (χ0v) is 11.0. The maximum Gasteiger partial charge on any atom is 0.338 e. The number of carbonyl (C=O) groups excluding carboxylic acids is 1. The second kappa shape index (κ2) is 4.82. The summed E-state index contributed by atoms with van der Waals surface area (Å²) < 4.78 is 9.94. The summed E-state index contributed by atoms with van der Waals surface area (Å²) in [6, 6.07) is 5.05. The normalized spacial score (nSPS) is 10.4. The van der Waals surface area contributed by atoms with Crippen LogP contribution in [0.5, 0.6) is 5.75 Å². The molecule has 0 atom stereocenters. The van der Waals surface area contributed by atoms with E-state index in [0.717, 1.165) is 5.39 Å². The van der Waals surface area contributed by atoms with E-state index in [1.165, 1.54) is 14.2 Å². The van der Waals surface area contributed by atoms with Gasteiger partial charge in [0, 0.05) is 5.39 Å². The predicted octanol–water partition coefficient (Wildman–Crippen LogP) is 2.99. The molecule has 1 aromatic carbocycles. The van der Waals surface area contributed by atoms with E-state index in [1.807, 2.05) is 6.92 Å². The Kier molecular flexibility index (Phi) is 3.39. The molecule has 0 spiro atoms. The monoisotopic (exact) mass is 265 g/mol. The summed E-state index contributed by atoms with van der Waals surface area (Å²) in [5, 5.41) is 1.29. The number of esters is 1. The number of nitrogens with zero attached hydrogens (tertiary/aromatic N) is 1. The van der Waals surface area contributed by atoms with Gasteiger partial charge in [0.05, 0.1) is 30.5 Å². The van der Waals surface area contributed by atoms with Gasteiger partial charge in [-0.1, -0.05) is 11.6 Å². The minimum absolute atomic E-state index is 0.406. The number of benzene rings is 1. The van der Waals surface area contributed by atoms with Gasteiger partial charge in [-0.2, -0.15) is 0 Å². The van der Waals surface area contributed by atoms with Crippen LogP contribution in [-0.4, -0.2) is 25.2 Å². The fourth-order valence-corrected chi connectivity index (χ4v) is 1.87. The Morgan fingerprint density at radius 1 is 1.28 bits per heavy atom. The van der Waals surface area contributed by atoms with Crippen molar-refractivity contribution in [1.29, 1.82) is 0 Å². The van der Waals surface area contributed by atoms with Crippen LogP contribution in [0.1, 0.15) is 16.1 Å². The van der Waals surface area contributed by atoms with Crippen molar-refractivity contribution in [3.63, 3.8) is 0 Å². The first-order valence-corrected chi connectivity index (χ1v) is 5.68. The highest BCUT2D eigenvalue weighted by Crippen LogP contribution is 2.29. The highest BCUT2D eigenvalue weighted by Gasteiger charge is 2.13. The van der Waals surface area contributed by atoms with Crippen LogP contribution in [-0.2, 0) is 4.74 Å². The Balaban J connectivity index is 2.75. The molecule has 0 aliphatic heterocycles. The molecule has 18 heavy (non-hydrogen) atoms. The van der Waals surface area contributed by atoms with Crippen LogP contribution in [0.4, 0.5) is 0 Å². The van der Waals surface area contributed by atoms with Crippen LogP contribution in [0.3, 0.4) is 0 Å². The molecule has 0 saturated carbocycles. The Morgan fingerprint density at radius 3 is 2.61 bits per heavy atom. The van der Waals surface area contributed by atoms with E-state index in [4.69, 9.17) is 21.1 Å². The molecule has 2 rings (SSSR count). The molecule has 94 valence electrons. The van der Waals surface area contributed by atoms with Gasteiger partial charge >= 0.3 is 5.97 Å². The third-order valence-electron chi connectivity index (χ3n) is 2.65. The zero-order valence-electron chi connectivity index (χ0n) is 10.3. The van der Waals surface area contributed by atoms with Crippen LogP contribution in [0, 0.1) is 6.92 Å². The minimum Gasteiger partial charge on any atom is -0.494 e. The lowest BCUT2D eigenvalue weighted by Gasteiger charge is -2.09. The first-order valence-electron chi connectivity index (χ1n) is 5.30. The molecule has 1 aromatic heterocycles. The summed E-state index contributed by atoms with van der Waals surface area (Å²) in [4.78, 5) is 15.9. The molecule has 4 nitrogen and oxygen atoms in total. The summed E-state index contributed by atoms with van der Waals surface area (Å²) >= 11 is 6.03. The number of aromatic nitrogens is 1. The van der Waals surface area contributed by atoms with E-state index in [9.17, 15) is 4.79 Å². The van der Waals surface area contributed by atoms with Crippen molar-refractivity contribution in [2.45, 2.75) is 6.92 Å². The number of ether oxygens (including phenoxy) is 2. The number of rotatable bonds is 2. The van der Waals surface area contributed by atoms with Crippen LogP contribution in [0.25, 0.3) is 10.9 Å². The van der Waals surface area contributed by atoms with Gasteiger partial charge in [0.25, 0.3) is 0 Å². The van der Waals surface area contributed by atoms with Gasteiger partial charge < -0.3 is 9.47 Å². The van der Waals surface area contributed by atoms with E-state index in [-0.39, 0.29) is 0 Å². The van der Waals surface area contributed by atoms with Gasteiger partial charge in [0.1, 0.15) is 11.3 Å². The van der Waals surface area contributed by atoms with Crippen LogP contribution < -0.4 is 4.74 Å². The van der Waals surface area contributed by atoms with E-state index < -0.39 is 5.97 Å². The van der Waals surface area contributed by atoms with Crippen molar-refractivity contribution in [3.8, 4) is 5.75 Å². The Labute approximate surface area is 109 Å². The fourth-order valence-electron chi connectivity index (χ4n) is 1.71. The number of hydrogen-bond donors (Lipinski definition) is 0. The number of methoxy groups -OCH3 is 2. The lowest BCUT2D eigenvalue weighted by atomic mass is 10.1. The summed E-state index contributed by atoms with van der Waals surface area (Å²) in [7, 11) is 2.86. The molecule has 0 saturated heterocycles. The molecular weight excluding hydrogens is 254 g/mol. The molecular formula is C13H12ClNO3. The maximum absolute atomic E-state index is 11.5. The number of fused-ring (bicyclic) bond motifs is 1. The number of aryl methyl sites for hydroxylation is 1. The van der Waals surface area contributed by atoms with Gasteiger partial charge in [-0.3, -0.25) is 0 Å². The topological polar surface area (TPSA) is 48.4 Å². The summed E-state index contributed by atoms with van der Waals surface area (Å²) in [6.07, 6.45) is 0. The first kappa shape index (κ1) is 12.6. The molecule has 0 aliphatic carbocycles. The fraction of sp³-hybridized carbons (Fsp3) is 0.231. The maximum atomic E-state index is 11.5. The second-order valence-corrected chi connectivity index (χ2v) is 4.20. The predicted molar refractivity (Wildman–Crippen MR) is 69.4 cm³/mol. The van der Waals surface area contributed by atoms with Crippen molar-refractivity contribution in [2.24, 2.45) is 0 Å². The molecule has 1 heterocycles. The highest BCUT2D eigenvalue weighted by molar-refractivity contribution is 6.31. The average Bonchev–Trinajstić information content (AvgIpc) is 2.38. The van der Waals surface area contributed by atoms with Gasteiger partial charge in [0.15, 0.2) is 0 Å². The molecule has 0 N–H and O–H groups in total. The molecule has 0 bridgehead atoms.